The average Bonchev–Trinajstić information content (AvgIpc) is 3.70. The van der Waals surface area contributed by atoms with Gasteiger partial charge in [0, 0.05) is 6.42 Å². The number of carbonyl (C=O) groups is 1. The molecule has 0 spiro atoms. The fourth-order valence-electron chi connectivity index (χ4n) is 10.2. The lowest BCUT2D eigenvalue weighted by atomic mass is 10.0. The summed E-state index contributed by atoms with van der Waals surface area (Å²) in [6.45, 7) is 4.60. The summed E-state index contributed by atoms with van der Waals surface area (Å²) in [6.07, 6.45) is 98.6. The number of allylic oxidation sites excluding steroid dienone is 20. The highest BCUT2D eigenvalue weighted by molar-refractivity contribution is 7.45. The van der Waals surface area contributed by atoms with Crippen molar-refractivity contribution in [1.29, 1.82) is 0 Å². The molecule has 1 amide bonds. The monoisotopic (exact) mass is 1220 g/mol. The minimum absolute atomic E-state index is 0.00262. The van der Waals surface area contributed by atoms with Crippen LogP contribution in [0.3, 0.4) is 0 Å². The van der Waals surface area contributed by atoms with E-state index in [0.717, 1.165) is 96.3 Å². The Morgan fingerprint density at radius 3 is 1.01 bits per heavy atom. The molecule has 2 N–H and O–H groups in total. The smallest absolute Gasteiger partial charge is 0.268 e. The summed E-state index contributed by atoms with van der Waals surface area (Å²) in [6, 6.07) is -0.836. The third-order valence-electron chi connectivity index (χ3n) is 15.7. The van der Waals surface area contributed by atoms with E-state index in [9.17, 15) is 19.4 Å². The molecule has 0 fully saturated rings. The Morgan fingerprint density at radius 2 is 0.709 bits per heavy atom. The van der Waals surface area contributed by atoms with Crippen molar-refractivity contribution in [2.45, 2.75) is 321 Å². The number of hydrogen-bond acceptors (Lipinski definition) is 6. The first-order valence-electron chi connectivity index (χ1n) is 35.9. The van der Waals surface area contributed by atoms with Crippen molar-refractivity contribution in [3.63, 3.8) is 0 Å². The van der Waals surface area contributed by atoms with Crippen molar-refractivity contribution in [1.82, 2.24) is 5.32 Å². The average molecular weight is 1220 g/mol. The number of aliphatic hydroxyl groups is 1. The van der Waals surface area contributed by atoms with Gasteiger partial charge in [-0.05, 0) is 89.9 Å². The van der Waals surface area contributed by atoms with Crippen molar-refractivity contribution in [2.24, 2.45) is 0 Å². The van der Waals surface area contributed by atoms with Gasteiger partial charge in [0.15, 0.2) is 0 Å². The molecule has 0 aromatic rings. The van der Waals surface area contributed by atoms with Gasteiger partial charge in [-0.2, -0.15) is 0 Å². The molecule has 0 aliphatic carbocycles. The minimum atomic E-state index is -4.60. The van der Waals surface area contributed by atoms with E-state index in [1.807, 2.05) is 21.1 Å². The zero-order valence-corrected chi connectivity index (χ0v) is 57.6. The van der Waals surface area contributed by atoms with Gasteiger partial charge in [-0.15, -0.1) is 0 Å². The van der Waals surface area contributed by atoms with E-state index in [1.165, 1.54) is 180 Å². The molecular weight excluding hydrogens is 1080 g/mol. The summed E-state index contributed by atoms with van der Waals surface area (Å²) in [5.74, 6) is -0.208. The van der Waals surface area contributed by atoms with Crippen molar-refractivity contribution in [2.75, 3.05) is 40.9 Å². The maximum Gasteiger partial charge on any atom is 0.268 e. The molecule has 0 bridgehead atoms. The lowest BCUT2D eigenvalue weighted by Gasteiger charge is -2.30. The van der Waals surface area contributed by atoms with Gasteiger partial charge >= 0.3 is 0 Å². The van der Waals surface area contributed by atoms with Gasteiger partial charge in [0.2, 0.25) is 5.91 Å². The molecule has 86 heavy (non-hydrogen) atoms. The molecule has 8 nitrogen and oxygen atoms in total. The quantitative estimate of drug-likeness (QED) is 0.0272. The molecule has 0 saturated heterocycles. The summed E-state index contributed by atoms with van der Waals surface area (Å²) in [7, 11) is 1.27. The summed E-state index contributed by atoms with van der Waals surface area (Å²) < 4.78 is 23.5. The van der Waals surface area contributed by atoms with Crippen LogP contribution in [0.5, 0.6) is 0 Å². The Kier molecular flexibility index (Phi) is 63.9. The Hall–Kier alpha value is -3.10. The highest BCUT2D eigenvalue weighted by atomic mass is 31.2. The molecule has 0 radical (unpaired) electrons. The second-order valence-corrected chi connectivity index (χ2v) is 26.6. The number of rotatable bonds is 65. The van der Waals surface area contributed by atoms with E-state index >= 15 is 0 Å². The minimum Gasteiger partial charge on any atom is -0.756 e. The number of amides is 1. The highest BCUT2D eigenvalue weighted by Crippen LogP contribution is 2.38. The van der Waals surface area contributed by atoms with Crippen LogP contribution in [-0.2, 0) is 18.4 Å². The molecule has 0 aromatic carbocycles. The van der Waals surface area contributed by atoms with Crippen molar-refractivity contribution in [3.05, 3.63) is 122 Å². The third kappa shape index (κ3) is 68.4. The van der Waals surface area contributed by atoms with Gasteiger partial charge in [-0.3, -0.25) is 9.36 Å². The van der Waals surface area contributed by atoms with E-state index in [0.29, 0.717) is 30.3 Å². The molecular formula is C77H137N2O6P. The van der Waals surface area contributed by atoms with Gasteiger partial charge in [0.05, 0.1) is 39.9 Å². The zero-order valence-electron chi connectivity index (χ0n) is 56.7. The molecule has 0 rings (SSSR count). The van der Waals surface area contributed by atoms with Crippen LogP contribution >= 0.6 is 7.82 Å². The number of likely N-dealkylation sites (N-methyl/N-ethyl adjacent to an activating group) is 1. The van der Waals surface area contributed by atoms with E-state index in [2.05, 4.69) is 141 Å². The van der Waals surface area contributed by atoms with Crippen LogP contribution in [-0.4, -0.2) is 68.5 Å². The van der Waals surface area contributed by atoms with E-state index in [-0.39, 0.29) is 19.1 Å². The maximum atomic E-state index is 13.0. The lowest BCUT2D eigenvalue weighted by Crippen LogP contribution is -2.46. The number of carbonyl (C=O) groups excluding carboxylic acids is 1. The summed E-state index contributed by atoms with van der Waals surface area (Å²) >= 11 is 0. The normalized spacial score (nSPS) is 14.4. The summed E-state index contributed by atoms with van der Waals surface area (Å²) in [4.78, 5) is 25.7. The van der Waals surface area contributed by atoms with E-state index in [1.54, 1.807) is 0 Å². The van der Waals surface area contributed by atoms with Crippen LogP contribution in [0.15, 0.2) is 122 Å². The van der Waals surface area contributed by atoms with Gasteiger partial charge in [0.1, 0.15) is 13.2 Å². The van der Waals surface area contributed by atoms with Crippen LogP contribution < -0.4 is 10.2 Å². The first-order valence-corrected chi connectivity index (χ1v) is 37.3. The Labute approximate surface area is 533 Å². The fourth-order valence-corrected chi connectivity index (χ4v) is 10.9. The maximum absolute atomic E-state index is 13.0. The first kappa shape index (κ1) is 82.9. The Morgan fingerprint density at radius 1 is 0.419 bits per heavy atom. The summed E-state index contributed by atoms with van der Waals surface area (Å²) in [5, 5.41) is 14.1. The van der Waals surface area contributed by atoms with Crippen molar-refractivity contribution < 1.29 is 32.9 Å². The second-order valence-electron chi connectivity index (χ2n) is 25.2. The molecule has 0 aromatic heterocycles. The predicted octanol–water partition coefficient (Wildman–Crippen LogP) is 22.6. The Balaban J connectivity index is 4.16. The molecule has 0 heterocycles. The van der Waals surface area contributed by atoms with E-state index in [4.69, 9.17) is 9.05 Å². The van der Waals surface area contributed by atoms with Crippen LogP contribution in [0.2, 0.25) is 0 Å². The van der Waals surface area contributed by atoms with Gasteiger partial charge in [0.25, 0.3) is 7.82 Å². The number of phosphoric acid groups is 1. The van der Waals surface area contributed by atoms with Crippen molar-refractivity contribution >= 4 is 13.7 Å². The van der Waals surface area contributed by atoms with Crippen LogP contribution in [0.1, 0.15) is 309 Å². The zero-order chi connectivity index (χ0) is 62.6. The standard InChI is InChI=1S/C77H137N2O6P/c1-6-8-10-12-14-16-18-20-22-24-26-28-30-32-34-36-38-39-41-43-45-47-49-51-53-55-57-59-61-63-65-67-69-71-77(81)78-75(74-85-86(82,83)84-73-72-79(3,4)5)76(80)70-68-66-64-62-60-58-56-54-52-50-48-46-44-42-40-37-35-33-31-29-27-25-23-21-19-17-15-13-11-9-7-2/h8,10,14,16,20,22,26,28,32,34,38-39,43,45,49,51,55,57,61,63,75-76,80H,6-7,9,11-13,15,17-19,21,23-25,27,29-31,33,35-37,40-42,44,46-48,50,52-54,56,58-60,62,64-74H2,1-5H3,(H-,78,81,82,83)/b10-8-,16-14-,22-20-,28-26-,34-32-,39-38-,45-43-,51-49-,57-55-,63-61-. The predicted molar refractivity (Wildman–Crippen MR) is 375 cm³/mol. The second kappa shape index (κ2) is 66.3. The van der Waals surface area contributed by atoms with Gasteiger partial charge in [-0.1, -0.05) is 334 Å². The molecule has 9 heteroatoms. The molecule has 0 aliphatic heterocycles. The van der Waals surface area contributed by atoms with E-state index < -0.39 is 20.0 Å². The molecule has 3 atom stereocenters. The number of unbranched alkanes of at least 4 members (excludes halogenated alkanes) is 32. The largest absolute Gasteiger partial charge is 0.756 e. The topological polar surface area (TPSA) is 108 Å². The van der Waals surface area contributed by atoms with Gasteiger partial charge < -0.3 is 28.8 Å². The molecule has 0 aliphatic rings. The number of phosphoric ester groups is 1. The highest BCUT2D eigenvalue weighted by Gasteiger charge is 2.24. The van der Waals surface area contributed by atoms with Gasteiger partial charge in [-0.25, -0.2) is 0 Å². The number of aliphatic hydroxyl groups excluding tert-OH is 1. The fraction of sp³-hybridized carbons (Fsp3) is 0.727. The Bertz CT molecular complexity index is 1820. The molecule has 496 valence electrons. The summed E-state index contributed by atoms with van der Waals surface area (Å²) in [5.41, 5.74) is 0. The molecule has 0 saturated carbocycles. The SMILES string of the molecule is CC/C=C\C/C=C\C/C=C\C/C=C\C/C=C\C/C=C\C/C=C\C/C=C\C/C=C\C/C=C\CCCCC(=O)NC(COP(=O)([O-])OCC[N+](C)(C)C)C(O)CCCCCCCCCCCCCCCCCCCCCCCCCCCCCCCCC. The lowest BCUT2D eigenvalue weighted by molar-refractivity contribution is -0.870. The third-order valence-corrected chi connectivity index (χ3v) is 16.7. The number of hydrogen-bond donors (Lipinski definition) is 2. The first-order chi connectivity index (χ1) is 42.0. The molecule has 3 unspecified atom stereocenters. The van der Waals surface area contributed by atoms with Crippen LogP contribution in [0.4, 0.5) is 0 Å². The van der Waals surface area contributed by atoms with Crippen LogP contribution in [0.25, 0.3) is 0 Å². The number of quaternary nitrogens is 1. The van der Waals surface area contributed by atoms with Crippen molar-refractivity contribution in [3.8, 4) is 0 Å². The number of nitrogens with zero attached hydrogens (tertiary/aromatic N) is 1. The number of nitrogens with one attached hydrogen (secondary N) is 1. The van der Waals surface area contributed by atoms with Crippen LogP contribution in [0, 0.1) is 0 Å².